The van der Waals surface area contributed by atoms with Gasteiger partial charge in [-0.1, -0.05) is 132 Å². The Morgan fingerprint density at radius 3 is 1.65 bits per heavy atom. The van der Waals surface area contributed by atoms with Gasteiger partial charge in [0.1, 0.15) is 0 Å². The quantitative estimate of drug-likeness (QED) is 0.0460. The van der Waals surface area contributed by atoms with E-state index in [0.717, 1.165) is 83.5 Å². The number of amides is 1. The third-order valence-corrected chi connectivity index (χ3v) is 7.67. The molecule has 0 heterocycles. The molecule has 0 radical (unpaired) electrons. The zero-order valence-corrected chi connectivity index (χ0v) is 27.9. The van der Waals surface area contributed by atoms with E-state index in [2.05, 4.69) is 79.9 Å². The summed E-state index contributed by atoms with van der Waals surface area (Å²) in [5.74, 6) is -1.01. The van der Waals surface area contributed by atoms with E-state index in [1.165, 1.54) is 25.3 Å². The van der Waals surface area contributed by atoms with Crippen LogP contribution in [0.5, 0.6) is 0 Å². The van der Waals surface area contributed by atoms with E-state index in [1.54, 1.807) is 6.08 Å². The fraction of sp³-hybridized carbons (Fsp3) is 0.639. The minimum Gasteiger partial charge on any atom is -0.387 e. The van der Waals surface area contributed by atoms with Crippen LogP contribution in [0.25, 0.3) is 0 Å². The summed E-state index contributed by atoms with van der Waals surface area (Å²) < 4.78 is 32.0. The largest absolute Gasteiger partial charge is 0.387 e. The maximum atomic E-state index is 12.3. The summed E-state index contributed by atoms with van der Waals surface area (Å²) in [6.07, 6.45) is 42.2. The topological polar surface area (TPSA) is 104 Å². The Balaban J connectivity index is 3.87. The van der Waals surface area contributed by atoms with Crippen molar-refractivity contribution in [3.05, 3.63) is 72.9 Å². The lowest BCUT2D eigenvalue weighted by Gasteiger charge is -2.21. The van der Waals surface area contributed by atoms with Crippen LogP contribution in [-0.4, -0.2) is 41.9 Å². The van der Waals surface area contributed by atoms with Crippen molar-refractivity contribution >= 4 is 16.0 Å². The Hall–Kier alpha value is -2.22. The summed E-state index contributed by atoms with van der Waals surface area (Å²) in [6.45, 7) is 4.25. The third kappa shape index (κ3) is 31.0. The Kier molecular flexibility index (Phi) is 28.3. The molecule has 6 nitrogen and oxygen atoms in total. The predicted molar refractivity (Wildman–Crippen MR) is 184 cm³/mol. The van der Waals surface area contributed by atoms with E-state index in [1.807, 2.05) is 0 Å². The minimum atomic E-state index is -4.33. The van der Waals surface area contributed by atoms with Crippen molar-refractivity contribution in [2.24, 2.45) is 0 Å². The second kappa shape index (κ2) is 29.8. The van der Waals surface area contributed by atoms with Gasteiger partial charge in [-0.2, -0.15) is 8.42 Å². The average molecular weight is 620 g/mol. The highest BCUT2D eigenvalue weighted by molar-refractivity contribution is 7.85. The number of carbonyl (C=O) groups excluding carboxylic acids is 1. The normalized spacial score (nSPS) is 14.4. The summed E-state index contributed by atoms with van der Waals surface area (Å²) in [7, 11) is -4.33. The first kappa shape index (κ1) is 40.8. The maximum absolute atomic E-state index is 12.3. The van der Waals surface area contributed by atoms with Gasteiger partial charge in [0.25, 0.3) is 10.1 Å². The first-order valence-corrected chi connectivity index (χ1v) is 18.2. The highest BCUT2D eigenvalue weighted by atomic mass is 32.2. The number of nitrogens with one attached hydrogen (secondary N) is 1. The Labute approximate surface area is 264 Å². The molecule has 0 saturated heterocycles. The van der Waals surface area contributed by atoms with Crippen LogP contribution < -0.4 is 5.32 Å². The van der Waals surface area contributed by atoms with Crippen molar-refractivity contribution in [1.29, 1.82) is 0 Å². The monoisotopic (exact) mass is 619 g/mol. The number of hydrogen-bond acceptors (Lipinski definition) is 4. The van der Waals surface area contributed by atoms with Gasteiger partial charge in [0, 0.05) is 6.42 Å². The van der Waals surface area contributed by atoms with E-state index < -0.39 is 28.0 Å². The molecule has 43 heavy (non-hydrogen) atoms. The predicted octanol–water partition coefficient (Wildman–Crippen LogP) is 9.12. The molecule has 2 unspecified atom stereocenters. The van der Waals surface area contributed by atoms with Crippen LogP contribution in [0.3, 0.4) is 0 Å². The summed E-state index contributed by atoms with van der Waals surface area (Å²) in [5, 5.41) is 12.9. The van der Waals surface area contributed by atoms with Gasteiger partial charge in [0.15, 0.2) is 0 Å². The summed E-state index contributed by atoms with van der Waals surface area (Å²) in [4.78, 5) is 12.3. The lowest BCUT2D eigenvalue weighted by molar-refractivity contribution is -0.122. The van der Waals surface area contributed by atoms with E-state index in [9.17, 15) is 22.9 Å². The van der Waals surface area contributed by atoms with Gasteiger partial charge in [-0.05, 0) is 64.2 Å². The number of carbonyl (C=O) groups is 1. The molecular formula is C36H61NO5S. The number of aliphatic hydroxyl groups is 1. The van der Waals surface area contributed by atoms with Crippen LogP contribution >= 0.6 is 0 Å². The van der Waals surface area contributed by atoms with Gasteiger partial charge in [-0.25, -0.2) is 0 Å². The van der Waals surface area contributed by atoms with Crippen molar-refractivity contribution in [3.63, 3.8) is 0 Å². The Morgan fingerprint density at radius 2 is 1.12 bits per heavy atom. The van der Waals surface area contributed by atoms with Crippen molar-refractivity contribution in [3.8, 4) is 0 Å². The smallest absolute Gasteiger partial charge is 0.267 e. The number of aliphatic hydroxyl groups excluding tert-OH is 1. The average Bonchev–Trinajstić information content (AvgIpc) is 2.96. The van der Waals surface area contributed by atoms with Gasteiger partial charge < -0.3 is 10.4 Å². The van der Waals surface area contributed by atoms with Gasteiger partial charge in [0.05, 0.1) is 17.9 Å². The molecule has 0 aromatic heterocycles. The second-order valence-electron chi connectivity index (χ2n) is 11.1. The van der Waals surface area contributed by atoms with Gasteiger partial charge in [-0.15, -0.1) is 0 Å². The van der Waals surface area contributed by atoms with E-state index in [4.69, 9.17) is 0 Å². The molecule has 0 spiro atoms. The van der Waals surface area contributed by atoms with Crippen molar-refractivity contribution in [2.75, 3.05) is 5.75 Å². The molecule has 0 fully saturated rings. The highest BCUT2D eigenvalue weighted by Crippen LogP contribution is 2.11. The lowest BCUT2D eigenvalue weighted by atomic mass is 10.1. The molecule has 0 saturated carbocycles. The molecule has 0 aliphatic carbocycles. The third-order valence-electron chi connectivity index (χ3n) is 6.89. The van der Waals surface area contributed by atoms with Gasteiger partial charge in [-0.3, -0.25) is 9.35 Å². The molecule has 2 atom stereocenters. The van der Waals surface area contributed by atoms with E-state index in [0.29, 0.717) is 6.42 Å². The van der Waals surface area contributed by atoms with Crippen LogP contribution in [0, 0.1) is 0 Å². The molecule has 0 aliphatic rings. The van der Waals surface area contributed by atoms with Gasteiger partial charge >= 0.3 is 0 Å². The molecule has 0 rings (SSSR count). The SMILES string of the molecule is CC/C=C\C/C=C\C/C=C\C/C=C\C/C=C\CCCCCCCCCC(=O)NC(CS(=O)(=O)O)C(O)/C=C/CCCCC. The lowest BCUT2D eigenvalue weighted by Crippen LogP contribution is -2.46. The molecule has 3 N–H and O–H groups in total. The van der Waals surface area contributed by atoms with E-state index >= 15 is 0 Å². The fourth-order valence-corrected chi connectivity index (χ4v) is 5.15. The molecule has 1 amide bonds. The second-order valence-corrected chi connectivity index (χ2v) is 12.6. The van der Waals surface area contributed by atoms with Crippen LogP contribution in [0.2, 0.25) is 0 Å². The maximum Gasteiger partial charge on any atom is 0.267 e. The van der Waals surface area contributed by atoms with Crippen molar-refractivity contribution in [1.82, 2.24) is 5.32 Å². The molecule has 0 aromatic rings. The van der Waals surface area contributed by atoms with Gasteiger partial charge in [0.2, 0.25) is 5.91 Å². The molecular weight excluding hydrogens is 558 g/mol. The highest BCUT2D eigenvalue weighted by Gasteiger charge is 2.24. The Bertz CT molecular complexity index is 947. The molecule has 7 heteroatoms. The molecule has 0 aromatic carbocycles. The first-order valence-electron chi connectivity index (χ1n) is 16.6. The molecule has 0 bridgehead atoms. The molecule has 0 aliphatic heterocycles. The zero-order chi connectivity index (χ0) is 31.9. The number of allylic oxidation sites excluding steroid dienone is 11. The van der Waals surface area contributed by atoms with Crippen LogP contribution in [0.15, 0.2) is 72.9 Å². The minimum absolute atomic E-state index is 0.277. The summed E-state index contributed by atoms with van der Waals surface area (Å²) in [5.41, 5.74) is 0. The summed E-state index contributed by atoms with van der Waals surface area (Å²) in [6, 6.07) is -1.06. The number of unbranched alkanes of at least 4 members (excludes halogenated alkanes) is 10. The van der Waals surface area contributed by atoms with Crippen LogP contribution in [-0.2, 0) is 14.9 Å². The summed E-state index contributed by atoms with van der Waals surface area (Å²) >= 11 is 0. The van der Waals surface area contributed by atoms with Crippen molar-refractivity contribution < 1.29 is 22.9 Å². The molecule has 246 valence electrons. The van der Waals surface area contributed by atoms with E-state index in [-0.39, 0.29) is 12.3 Å². The van der Waals surface area contributed by atoms with Crippen molar-refractivity contribution in [2.45, 2.75) is 142 Å². The zero-order valence-electron chi connectivity index (χ0n) is 27.0. The number of rotatable bonds is 28. The Morgan fingerprint density at radius 1 is 0.651 bits per heavy atom. The number of hydrogen-bond donors (Lipinski definition) is 3. The fourth-order valence-electron chi connectivity index (χ4n) is 4.41. The van der Waals surface area contributed by atoms with Crippen LogP contribution in [0.1, 0.15) is 129 Å². The first-order chi connectivity index (χ1) is 20.8. The van der Waals surface area contributed by atoms with Crippen LogP contribution in [0.4, 0.5) is 0 Å². The standard InChI is InChI=1S/C36H61NO5S/c1-3-5-7-9-10-11-12-13-14-15-16-17-18-19-20-21-22-23-24-25-26-28-30-32-36(39)37-34(33-43(40,41)42)35(38)31-29-27-8-6-4-2/h5,7,10-11,13-14,16-17,19-20,29,31,34-35,38H,3-4,6,8-9,12,15,18,21-28,30,32-33H2,1-2H3,(H,37,39)(H,40,41,42)/b7-5-,11-10-,14-13-,17-16-,20-19-,31-29+.